The highest BCUT2D eigenvalue weighted by Gasteiger charge is 2.34. The van der Waals surface area contributed by atoms with E-state index in [0.29, 0.717) is 16.8 Å². The Bertz CT molecular complexity index is 737. The predicted molar refractivity (Wildman–Crippen MR) is 77.9 cm³/mol. The molecule has 0 atom stereocenters. The number of imide groups is 1. The SMILES string of the molecule is O=C1C/C(=C\c2cccc(F)c2)C(=O)N1c1ccccc1. The monoisotopic (exact) mass is 281 g/mol. The van der Waals surface area contributed by atoms with Gasteiger partial charge in [0.05, 0.1) is 12.1 Å². The molecule has 0 spiro atoms. The van der Waals surface area contributed by atoms with Crippen LogP contribution in [0.15, 0.2) is 60.2 Å². The molecule has 1 saturated heterocycles. The van der Waals surface area contributed by atoms with Crippen molar-refractivity contribution in [3.8, 4) is 0 Å². The topological polar surface area (TPSA) is 37.4 Å². The summed E-state index contributed by atoms with van der Waals surface area (Å²) in [7, 11) is 0. The average Bonchev–Trinajstić information content (AvgIpc) is 2.74. The Morgan fingerprint density at radius 2 is 1.76 bits per heavy atom. The molecule has 2 amide bonds. The van der Waals surface area contributed by atoms with Crippen LogP contribution in [-0.4, -0.2) is 11.8 Å². The largest absolute Gasteiger partial charge is 0.274 e. The van der Waals surface area contributed by atoms with Gasteiger partial charge in [0.1, 0.15) is 5.82 Å². The fourth-order valence-corrected chi connectivity index (χ4v) is 2.32. The molecule has 0 unspecified atom stereocenters. The highest BCUT2D eigenvalue weighted by molar-refractivity contribution is 6.29. The minimum Gasteiger partial charge on any atom is -0.274 e. The first-order chi connectivity index (χ1) is 10.1. The Morgan fingerprint density at radius 3 is 2.48 bits per heavy atom. The zero-order valence-corrected chi connectivity index (χ0v) is 11.1. The second-order valence-electron chi connectivity index (χ2n) is 4.77. The fraction of sp³-hybridized carbons (Fsp3) is 0.0588. The second-order valence-corrected chi connectivity index (χ2v) is 4.77. The number of halogens is 1. The van der Waals surface area contributed by atoms with Gasteiger partial charge in [0.2, 0.25) is 5.91 Å². The van der Waals surface area contributed by atoms with Gasteiger partial charge in [-0.3, -0.25) is 9.59 Å². The lowest BCUT2D eigenvalue weighted by atomic mass is 10.1. The minimum atomic E-state index is -0.374. The van der Waals surface area contributed by atoms with Gasteiger partial charge in [-0.1, -0.05) is 30.3 Å². The molecule has 21 heavy (non-hydrogen) atoms. The Hall–Kier alpha value is -2.75. The number of amides is 2. The summed E-state index contributed by atoms with van der Waals surface area (Å²) in [6, 6.07) is 14.7. The Balaban J connectivity index is 1.94. The van der Waals surface area contributed by atoms with Crippen molar-refractivity contribution >= 4 is 23.6 Å². The molecule has 1 heterocycles. The lowest BCUT2D eigenvalue weighted by molar-refractivity contribution is -0.120. The first-order valence-corrected chi connectivity index (χ1v) is 6.53. The van der Waals surface area contributed by atoms with Crippen LogP contribution in [0, 0.1) is 5.82 Å². The third-order valence-corrected chi connectivity index (χ3v) is 3.27. The van der Waals surface area contributed by atoms with E-state index in [1.54, 1.807) is 42.5 Å². The van der Waals surface area contributed by atoms with Crippen LogP contribution >= 0.6 is 0 Å². The van der Waals surface area contributed by atoms with Crippen molar-refractivity contribution in [2.45, 2.75) is 6.42 Å². The third-order valence-electron chi connectivity index (χ3n) is 3.27. The van der Waals surface area contributed by atoms with Gasteiger partial charge in [0, 0.05) is 5.57 Å². The molecule has 0 N–H and O–H groups in total. The number of nitrogens with zero attached hydrogens (tertiary/aromatic N) is 1. The number of anilines is 1. The maximum atomic E-state index is 13.2. The molecule has 1 aliphatic heterocycles. The highest BCUT2D eigenvalue weighted by atomic mass is 19.1. The van der Waals surface area contributed by atoms with Crippen molar-refractivity contribution in [2.24, 2.45) is 0 Å². The molecule has 3 rings (SSSR count). The van der Waals surface area contributed by atoms with E-state index in [1.165, 1.54) is 12.1 Å². The number of para-hydroxylation sites is 1. The zero-order valence-electron chi connectivity index (χ0n) is 11.1. The lowest BCUT2D eigenvalue weighted by Gasteiger charge is -2.12. The molecule has 3 nitrogen and oxygen atoms in total. The van der Waals surface area contributed by atoms with Crippen molar-refractivity contribution < 1.29 is 14.0 Å². The van der Waals surface area contributed by atoms with Crippen LogP contribution in [0.1, 0.15) is 12.0 Å². The summed E-state index contributed by atoms with van der Waals surface area (Å²) in [5.74, 6) is -0.995. The van der Waals surface area contributed by atoms with Gasteiger partial charge in [0.15, 0.2) is 0 Å². The summed E-state index contributed by atoms with van der Waals surface area (Å²) in [4.78, 5) is 25.5. The van der Waals surface area contributed by atoms with Gasteiger partial charge in [-0.05, 0) is 35.9 Å². The van der Waals surface area contributed by atoms with Gasteiger partial charge in [-0.15, -0.1) is 0 Å². The van der Waals surface area contributed by atoms with E-state index in [1.807, 2.05) is 6.07 Å². The number of hydrogen-bond acceptors (Lipinski definition) is 2. The summed E-state index contributed by atoms with van der Waals surface area (Å²) in [5, 5.41) is 0. The summed E-state index contributed by atoms with van der Waals surface area (Å²) < 4.78 is 13.2. The quantitative estimate of drug-likeness (QED) is 0.626. The molecular weight excluding hydrogens is 269 g/mol. The maximum absolute atomic E-state index is 13.2. The predicted octanol–water partition coefficient (Wildman–Crippen LogP) is 3.17. The molecule has 0 saturated carbocycles. The van der Waals surface area contributed by atoms with Crippen LogP contribution in [0.2, 0.25) is 0 Å². The van der Waals surface area contributed by atoms with E-state index in [0.717, 1.165) is 4.90 Å². The molecule has 2 aromatic rings. The molecule has 1 fully saturated rings. The van der Waals surface area contributed by atoms with Crippen LogP contribution < -0.4 is 4.90 Å². The Labute approximate surface area is 121 Å². The van der Waals surface area contributed by atoms with Gasteiger partial charge >= 0.3 is 0 Å². The number of carbonyl (C=O) groups is 2. The van der Waals surface area contributed by atoms with Crippen molar-refractivity contribution in [1.82, 2.24) is 0 Å². The standard InChI is InChI=1S/C17H12FNO2/c18-14-6-4-5-12(10-14)9-13-11-16(20)19(17(13)21)15-7-2-1-3-8-15/h1-10H,11H2/b13-9+. The molecule has 2 aromatic carbocycles. The van der Waals surface area contributed by atoms with Gasteiger partial charge in [-0.25, -0.2) is 9.29 Å². The molecule has 1 aliphatic rings. The van der Waals surface area contributed by atoms with Crippen molar-refractivity contribution in [2.75, 3.05) is 4.90 Å². The number of benzene rings is 2. The summed E-state index contributed by atoms with van der Waals surface area (Å²) in [6.45, 7) is 0. The van der Waals surface area contributed by atoms with Crippen LogP contribution in [0.5, 0.6) is 0 Å². The van der Waals surface area contributed by atoms with Crippen LogP contribution in [-0.2, 0) is 9.59 Å². The van der Waals surface area contributed by atoms with Crippen LogP contribution in [0.3, 0.4) is 0 Å². The van der Waals surface area contributed by atoms with Gasteiger partial charge < -0.3 is 0 Å². The van der Waals surface area contributed by atoms with Crippen LogP contribution in [0.4, 0.5) is 10.1 Å². The van der Waals surface area contributed by atoms with Crippen molar-refractivity contribution in [3.63, 3.8) is 0 Å². The smallest absolute Gasteiger partial charge is 0.261 e. The molecule has 0 aliphatic carbocycles. The van der Waals surface area contributed by atoms with Crippen molar-refractivity contribution in [3.05, 3.63) is 71.6 Å². The summed E-state index contributed by atoms with van der Waals surface area (Å²) in [5.41, 5.74) is 1.49. The fourth-order valence-electron chi connectivity index (χ4n) is 2.32. The first-order valence-electron chi connectivity index (χ1n) is 6.53. The van der Waals surface area contributed by atoms with E-state index >= 15 is 0 Å². The molecule has 0 bridgehead atoms. The molecule has 104 valence electrons. The molecule has 0 radical (unpaired) electrons. The number of carbonyl (C=O) groups excluding carboxylic acids is 2. The number of hydrogen-bond donors (Lipinski definition) is 0. The Kier molecular flexibility index (Phi) is 3.36. The Morgan fingerprint density at radius 1 is 1.00 bits per heavy atom. The summed E-state index contributed by atoms with van der Waals surface area (Å²) in [6.07, 6.45) is 1.59. The van der Waals surface area contributed by atoms with Crippen LogP contribution in [0.25, 0.3) is 6.08 Å². The van der Waals surface area contributed by atoms with E-state index < -0.39 is 0 Å². The normalized spacial score (nSPS) is 16.8. The van der Waals surface area contributed by atoms with E-state index in [-0.39, 0.29) is 24.1 Å². The van der Waals surface area contributed by atoms with Gasteiger partial charge in [0.25, 0.3) is 5.91 Å². The van der Waals surface area contributed by atoms with Gasteiger partial charge in [-0.2, -0.15) is 0 Å². The van der Waals surface area contributed by atoms with E-state index in [2.05, 4.69) is 0 Å². The highest BCUT2D eigenvalue weighted by Crippen LogP contribution is 2.27. The van der Waals surface area contributed by atoms with Crippen molar-refractivity contribution in [1.29, 1.82) is 0 Å². The summed E-state index contributed by atoms with van der Waals surface area (Å²) >= 11 is 0. The molecular formula is C17H12FNO2. The molecule has 4 heteroatoms. The maximum Gasteiger partial charge on any atom is 0.261 e. The van der Waals surface area contributed by atoms with E-state index in [4.69, 9.17) is 0 Å². The molecule has 0 aromatic heterocycles. The number of rotatable bonds is 2. The minimum absolute atomic E-state index is 0.0320. The average molecular weight is 281 g/mol. The second kappa shape index (κ2) is 5.32. The third kappa shape index (κ3) is 2.60. The van der Waals surface area contributed by atoms with E-state index in [9.17, 15) is 14.0 Å². The first kappa shape index (κ1) is 13.2. The lowest BCUT2D eigenvalue weighted by Crippen LogP contribution is -2.28. The zero-order chi connectivity index (χ0) is 14.8.